The number of carbonyl (C=O) groups excluding carboxylic acids is 1. The predicted molar refractivity (Wildman–Crippen MR) is 68.3 cm³/mol. The van der Waals surface area contributed by atoms with Gasteiger partial charge in [0.1, 0.15) is 0 Å². The van der Waals surface area contributed by atoms with Crippen LogP contribution < -0.4 is 5.32 Å². The van der Waals surface area contributed by atoms with E-state index >= 15 is 0 Å². The maximum atomic E-state index is 11.6. The normalized spacial score (nSPS) is 10.2. The van der Waals surface area contributed by atoms with Crippen molar-refractivity contribution in [2.75, 3.05) is 10.6 Å². The molecule has 0 aliphatic heterocycles. The van der Waals surface area contributed by atoms with Crippen LogP contribution in [0.3, 0.4) is 0 Å². The molecular weight excluding hydrogens is 284 g/mol. The van der Waals surface area contributed by atoms with Gasteiger partial charge in [-0.15, -0.1) is 0 Å². The highest BCUT2D eigenvalue weighted by molar-refractivity contribution is 9.09. The first-order chi connectivity index (χ1) is 8.29. The van der Waals surface area contributed by atoms with Crippen LogP contribution in [0.4, 0.5) is 5.69 Å². The molecule has 1 heterocycles. The third-order valence-electron chi connectivity index (χ3n) is 2.24. The Kier molecular flexibility index (Phi) is 3.87. The van der Waals surface area contributed by atoms with Crippen LogP contribution in [0.2, 0.25) is 0 Å². The number of aryl methyl sites for hydroxylation is 1. The van der Waals surface area contributed by atoms with Crippen LogP contribution in [-0.2, 0) is 6.42 Å². The SMILES string of the molecule is O=C(Nc1ccc(CCBr)cc1)c1cn[nH]n1. The molecule has 0 aliphatic rings. The molecular formula is C11H11BrN4O. The summed E-state index contributed by atoms with van der Waals surface area (Å²) < 4.78 is 0. The van der Waals surface area contributed by atoms with Crippen LogP contribution in [0.1, 0.15) is 16.1 Å². The maximum Gasteiger partial charge on any atom is 0.277 e. The summed E-state index contributed by atoms with van der Waals surface area (Å²) in [5.41, 5.74) is 2.24. The fraction of sp³-hybridized carbons (Fsp3) is 0.182. The van der Waals surface area contributed by atoms with Crippen molar-refractivity contribution in [1.82, 2.24) is 15.4 Å². The van der Waals surface area contributed by atoms with Gasteiger partial charge in [0, 0.05) is 11.0 Å². The summed E-state index contributed by atoms with van der Waals surface area (Å²) in [7, 11) is 0. The Morgan fingerprint density at radius 2 is 2.12 bits per heavy atom. The molecule has 0 spiro atoms. The van der Waals surface area contributed by atoms with Crippen LogP contribution in [0, 0.1) is 0 Å². The van der Waals surface area contributed by atoms with E-state index in [0.717, 1.165) is 17.4 Å². The second-order valence-corrected chi connectivity index (χ2v) is 4.24. The number of carbonyl (C=O) groups is 1. The van der Waals surface area contributed by atoms with Gasteiger partial charge in [-0.2, -0.15) is 15.4 Å². The first-order valence-corrected chi connectivity index (χ1v) is 6.24. The van der Waals surface area contributed by atoms with Gasteiger partial charge in [0.15, 0.2) is 5.69 Å². The van der Waals surface area contributed by atoms with Crippen molar-refractivity contribution < 1.29 is 4.79 Å². The van der Waals surface area contributed by atoms with Crippen molar-refractivity contribution in [3.63, 3.8) is 0 Å². The number of nitrogens with one attached hydrogen (secondary N) is 2. The topological polar surface area (TPSA) is 70.7 Å². The average Bonchev–Trinajstić information content (AvgIpc) is 2.86. The molecule has 6 heteroatoms. The largest absolute Gasteiger partial charge is 0.321 e. The van der Waals surface area contributed by atoms with Gasteiger partial charge in [-0.25, -0.2) is 0 Å². The Morgan fingerprint density at radius 1 is 1.35 bits per heavy atom. The van der Waals surface area contributed by atoms with Gasteiger partial charge in [-0.3, -0.25) is 4.79 Å². The molecule has 0 radical (unpaired) electrons. The number of aromatic nitrogens is 3. The Bertz CT molecular complexity index is 481. The van der Waals surface area contributed by atoms with Crippen molar-refractivity contribution in [1.29, 1.82) is 0 Å². The zero-order chi connectivity index (χ0) is 12.1. The lowest BCUT2D eigenvalue weighted by atomic mass is 10.1. The summed E-state index contributed by atoms with van der Waals surface area (Å²) in [6.07, 6.45) is 2.35. The lowest BCUT2D eigenvalue weighted by Crippen LogP contribution is -2.12. The van der Waals surface area contributed by atoms with Crippen LogP contribution in [0.5, 0.6) is 0 Å². The number of hydrogen-bond acceptors (Lipinski definition) is 3. The van der Waals surface area contributed by atoms with Gasteiger partial charge >= 0.3 is 0 Å². The van der Waals surface area contributed by atoms with Crippen molar-refractivity contribution in [3.05, 3.63) is 41.7 Å². The Hall–Kier alpha value is -1.69. The highest BCUT2D eigenvalue weighted by atomic mass is 79.9. The van der Waals surface area contributed by atoms with Crippen molar-refractivity contribution >= 4 is 27.5 Å². The third-order valence-corrected chi connectivity index (χ3v) is 2.64. The number of nitrogens with zero attached hydrogens (tertiary/aromatic N) is 2. The smallest absolute Gasteiger partial charge is 0.277 e. The van der Waals surface area contributed by atoms with Gasteiger partial charge < -0.3 is 5.32 Å². The molecule has 0 saturated heterocycles. The van der Waals surface area contributed by atoms with E-state index in [0.29, 0.717) is 0 Å². The molecule has 0 bridgehead atoms. The predicted octanol–water partition coefficient (Wildman–Crippen LogP) is 1.99. The van der Waals surface area contributed by atoms with Crippen LogP contribution >= 0.6 is 15.9 Å². The molecule has 0 fully saturated rings. The van der Waals surface area contributed by atoms with Gasteiger partial charge in [0.05, 0.1) is 6.20 Å². The van der Waals surface area contributed by atoms with E-state index in [1.54, 1.807) is 0 Å². The molecule has 0 saturated carbocycles. The van der Waals surface area contributed by atoms with Crippen molar-refractivity contribution in [2.45, 2.75) is 6.42 Å². The lowest BCUT2D eigenvalue weighted by Gasteiger charge is -2.04. The first kappa shape index (κ1) is 11.8. The van der Waals surface area contributed by atoms with E-state index in [2.05, 4.69) is 36.7 Å². The zero-order valence-corrected chi connectivity index (χ0v) is 10.6. The molecule has 0 atom stereocenters. The van der Waals surface area contributed by atoms with E-state index in [1.807, 2.05) is 24.3 Å². The van der Waals surface area contributed by atoms with Gasteiger partial charge in [-0.05, 0) is 24.1 Å². The monoisotopic (exact) mass is 294 g/mol. The van der Waals surface area contributed by atoms with E-state index in [1.165, 1.54) is 11.8 Å². The zero-order valence-electron chi connectivity index (χ0n) is 8.98. The molecule has 2 rings (SSSR count). The molecule has 5 nitrogen and oxygen atoms in total. The fourth-order valence-electron chi connectivity index (χ4n) is 1.37. The van der Waals surface area contributed by atoms with Crippen molar-refractivity contribution in [2.24, 2.45) is 0 Å². The molecule has 1 aromatic heterocycles. The number of benzene rings is 1. The molecule has 17 heavy (non-hydrogen) atoms. The quantitative estimate of drug-likeness (QED) is 0.847. The summed E-state index contributed by atoms with van der Waals surface area (Å²) >= 11 is 3.38. The minimum absolute atomic E-state index is 0.271. The molecule has 2 aromatic rings. The van der Waals surface area contributed by atoms with Crippen LogP contribution in [-0.4, -0.2) is 26.6 Å². The number of alkyl halides is 1. The molecule has 0 unspecified atom stereocenters. The van der Waals surface area contributed by atoms with Gasteiger partial charge in [-0.1, -0.05) is 28.1 Å². The van der Waals surface area contributed by atoms with Gasteiger partial charge in [0.2, 0.25) is 0 Å². The summed E-state index contributed by atoms with van der Waals surface area (Å²) in [4.78, 5) is 11.6. The minimum atomic E-state index is -0.271. The summed E-state index contributed by atoms with van der Waals surface area (Å²) in [6.45, 7) is 0. The highest BCUT2D eigenvalue weighted by Crippen LogP contribution is 2.11. The van der Waals surface area contributed by atoms with Crippen LogP contribution in [0.15, 0.2) is 30.5 Å². The third kappa shape index (κ3) is 3.13. The molecule has 0 aliphatic carbocycles. The summed E-state index contributed by atoms with van der Waals surface area (Å²) in [5, 5.41) is 13.4. The number of halogens is 1. The number of aromatic amines is 1. The molecule has 2 N–H and O–H groups in total. The number of anilines is 1. The van der Waals surface area contributed by atoms with E-state index in [4.69, 9.17) is 0 Å². The molecule has 1 amide bonds. The van der Waals surface area contributed by atoms with E-state index in [-0.39, 0.29) is 11.6 Å². The lowest BCUT2D eigenvalue weighted by molar-refractivity contribution is 0.102. The standard InChI is InChI=1S/C11H11BrN4O/c12-6-5-8-1-3-9(4-2-8)14-11(17)10-7-13-16-15-10/h1-4,7H,5-6H2,(H,14,17)(H,13,15,16). The summed E-state index contributed by atoms with van der Waals surface area (Å²) in [5.74, 6) is -0.271. The fourth-order valence-corrected chi connectivity index (χ4v) is 1.83. The summed E-state index contributed by atoms with van der Waals surface area (Å²) in [6, 6.07) is 7.71. The number of amides is 1. The highest BCUT2D eigenvalue weighted by Gasteiger charge is 2.08. The Morgan fingerprint density at radius 3 is 2.71 bits per heavy atom. The average molecular weight is 295 g/mol. The second-order valence-electron chi connectivity index (χ2n) is 3.45. The Labute approximate surface area is 107 Å². The number of hydrogen-bond donors (Lipinski definition) is 2. The number of rotatable bonds is 4. The number of H-pyrrole nitrogens is 1. The Balaban J connectivity index is 2.01. The molecule has 88 valence electrons. The van der Waals surface area contributed by atoms with Gasteiger partial charge in [0.25, 0.3) is 5.91 Å². The van der Waals surface area contributed by atoms with E-state index < -0.39 is 0 Å². The first-order valence-electron chi connectivity index (χ1n) is 5.11. The molecule has 1 aromatic carbocycles. The van der Waals surface area contributed by atoms with Crippen LogP contribution in [0.25, 0.3) is 0 Å². The minimum Gasteiger partial charge on any atom is -0.321 e. The maximum absolute atomic E-state index is 11.6. The second kappa shape index (κ2) is 5.58. The van der Waals surface area contributed by atoms with E-state index in [9.17, 15) is 4.79 Å². The van der Waals surface area contributed by atoms with Crippen molar-refractivity contribution in [3.8, 4) is 0 Å².